The molecule has 2 aliphatic rings. The molecule has 10 heteroatoms. The molecule has 1 saturated heterocycles. The highest BCUT2D eigenvalue weighted by atomic mass is 19.1. The van der Waals surface area contributed by atoms with Crippen LogP contribution in [0.2, 0.25) is 0 Å². The number of nitrogens with two attached hydrogens (primary N) is 1. The first-order valence-corrected chi connectivity index (χ1v) is 10.7. The molecule has 4 heterocycles. The van der Waals surface area contributed by atoms with E-state index >= 15 is 4.39 Å². The fraction of sp³-hybridized carbons (Fsp3) is 0.391. The SMILES string of the molecule is COc1ccc([C@H]2COC[C@@H](C)N2C(=O)c2cc3c4c(c(N)nc3cc2F)[C@@H](C)OC4)nn1. The molecule has 0 radical (unpaired) electrons. The normalized spacial score (nSPS) is 22.4. The summed E-state index contributed by atoms with van der Waals surface area (Å²) in [6.07, 6.45) is -0.210. The summed E-state index contributed by atoms with van der Waals surface area (Å²) < 4.78 is 31.7. The number of pyridine rings is 1. The van der Waals surface area contributed by atoms with Crippen molar-refractivity contribution >= 4 is 22.6 Å². The molecule has 1 aromatic carbocycles. The number of halogens is 1. The van der Waals surface area contributed by atoms with Crippen LogP contribution in [-0.4, -0.2) is 52.4 Å². The van der Waals surface area contributed by atoms with Crippen molar-refractivity contribution in [2.45, 2.75) is 38.6 Å². The maximum Gasteiger partial charge on any atom is 0.257 e. The first kappa shape index (κ1) is 21.5. The summed E-state index contributed by atoms with van der Waals surface area (Å²) >= 11 is 0. The van der Waals surface area contributed by atoms with Gasteiger partial charge in [-0.2, -0.15) is 0 Å². The molecule has 0 bridgehead atoms. The molecule has 1 amide bonds. The second kappa shape index (κ2) is 8.20. The minimum atomic E-state index is -0.662. The van der Waals surface area contributed by atoms with Crippen LogP contribution in [-0.2, 0) is 16.1 Å². The molecule has 0 unspecified atom stereocenters. The van der Waals surface area contributed by atoms with E-state index in [1.165, 1.54) is 13.2 Å². The van der Waals surface area contributed by atoms with Gasteiger partial charge in [0, 0.05) is 23.1 Å². The van der Waals surface area contributed by atoms with Gasteiger partial charge in [0.05, 0.1) is 61.9 Å². The van der Waals surface area contributed by atoms with Gasteiger partial charge >= 0.3 is 0 Å². The summed E-state index contributed by atoms with van der Waals surface area (Å²) in [5.74, 6) is -0.435. The van der Waals surface area contributed by atoms with Crippen LogP contribution in [0.1, 0.15) is 53.2 Å². The highest BCUT2D eigenvalue weighted by Gasteiger charge is 2.37. The number of amides is 1. The number of rotatable bonds is 3. The van der Waals surface area contributed by atoms with Crippen LogP contribution in [0.25, 0.3) is 10.9 Å². The summed E-state index contributed by atoms with van der Waals surface area (Å²) in [4.78, 5) is 19.6. The van der Waals surface area contributed by atoms with E-state index in [2.05, 4.69) is 15.2 Å². The average molecular weight is 453 g/mol. The zero-order valence-corrected chi connectivity index (χ0v) is 18.5. The Morgan fingerprint density at radius 2 is 2.06 bits per heavy atom. The molecule has 3 atom stereocenters. The van der Waals surface area contributed by atoms with Gasteiger partial charge in [-0.15, -0.1) is 10.2 Å². The van der Waals surface area contributed by atoms with Crippen LogP contribution in [0.4, 0.5) is 10.2 Å². The average Bonchev–Trinajstić information content (AvgIpc) is 3.20. The van der Waals surface area contributed by atoms with Gasteiger partial charge in [0.25, 0.3) is 5.91 Å². The number of carbonyl (C=O) groups excluding carboxylic acids is 1. The number of nitrogen functional groups attached to an aromatic ring is 1. The van der Waals surface area contributed by atoms with E-state index < -0.39 is 17.8 Å². The molecule has 9 nitrogen and oxygen atoms in total. The van der Waals surface area contributed by atoms with Gasteiger partial charge < -0.3 is 24.8 Å². The number of fused-ring (bicyclic) bond motifs is 3. The Bertz CT molecular complexity index is 1240. The minimum Gasteiger partial charge on any atom is -0.480 e. The Balaban J connectivity index is 1.58. The van der Waals surface area contributed by atoms with E-state index in [1.54, 1.807) is 23.1 Å². The van der Waals surface area contributed by atoms with Crippen LogP contribution < -0.4 is 10.5 Å². The Hall–Kier alpha value is -3.37. The number of anilines is 1. The van der Waals surface area contributed by atoms with Crippen molar-refractivity contribution in [3.8, 4) is 5.88 Å². The first-order valence-electron chi connectivity index (χ1n) is 10.7. The van der Waals surface area contributed by atoms with Crippen LogP contribution in [0.3, 0.4) is 0 Å². The van der Waals surface area contributed by atoms with E-state index in [0.717, 1.165) is 11.1 Å². The number of carbonyl (C=O) groups is 1. The van der Waals surface area contributed by atoms with Crippen molar-refractivity contribution in [2.24, 2.45) is 0 Å². The summed E-state index contributed by atoms with van der Waals surface area (Å²) in [7, 11) is 1.50. The van der Waals surface area contributed by atoms with Crippen molar-refractivity contribution < 1.29 is 23.4 Å². The fourth-order valence-corrected chi connectivity index (χ4v) is 4.59. The monoisotopic (exact) mass is 453 g/mol. The van der Waals surface area contributed by atoms with Crippen molar-refractivity contribution in [1.82, 2.24) is 20.1 Å². The van der Waals surface area contributed by atoms with Gasteiger partial charge in [0.15, 0.2) is 0 Å². The smallest absolute Gasteiger partial charge is 0.257 e. The van der Waals surface area contributed by atoms with Crippen LogP contribution in [0, 0.1) is 5.82 Å². The van der Waals surface area contributed by atoms with Crippen LogP contribution in [0.5, 0.6) is 5.88 Å². The number of ether oxygens (including phenoxy) is 3. The molecule has 2 aromatic heterocycles. The van der Waals surface area contributed by atoms with E-state index in [4.69, 9.17) is 19.9 Å². The highest BCUT2D eigenvalue weighted by molar-refractivity contribution is 6.00. The summed E-state index contributed by atoms with van der Waals surface area (Å²) in [6, 6.07) is 5.39. The van der Waals surface area contributed by atoms with Gasteiger partial charge in [-0.1, -0.05) is 0 Å². The number of benzene rings is 1. The molecule has 0 spiro atoms. The number of hydrogen-bond donors (Lipinski definition) is 1. The number of morpholine rings is 1. The van der Waals surface area contributed by atoms with Crippen molar-refractivity contribution in [1.29, 1.82) is 0 Å². The Labute approximate surface area is 189 Å². The zero-order valence-electron chi connectivity index (χ0n) is 18.5. The lowest BCUT2D eigenvalue weighted by atomic mass is 9.98. The predicted molar refractivity (Wildman–Crippen MR) is 117 cm³/mol. The van der Waals surface area contributed by atoms with E-state index in [1.807, 2.05) is 13.8 Å². The molecule has 1 fully saturated rings. The van der Waals surface area contributed by atoms with Crippen LogP contribution >= 0.6 is 0 Å². The maximum atomic E-state index is 15.2. The molecular weight excluding hydrogens is 429 g/mol. The quantitative estimate of drug-likeness (QED) is 0.644. The summed E-state index contributed by atoms with van der Waals surface area (Å²) in [5, 5.41) is 8.85. The topological polar surface area (TPSA) is 113 Å². The molecule has 0 saturated carbocycles. The molecule has 33 heavy (non-hydrogen) atoms. The van der Waals surface area contributed by atoms with E-state index in [0.29, 0.717) is 41.5 Å². The first-order chi connectivity index (χ1) is 15.9. The lowest BCUT2D eigenvalue weighted by Gasteiger charge is -2.40. The maximum absolute atomic E-state index is 15.2. The van der Waals surface area contributed by atoms with E-state index in [-0.39, 0.29) is 24.3 Å². The van der Waals surface area contributed by atoms with Gasteiger partial charge in [0.1, 0.15) is 11.6 Å². The van der Waals surface area contributed by atoms with Crippen molar-refractivity contribution in [2.75, 3.05) is 26.1 Å². The third-order valence-corrected chi connectivity index (χ3v) is 6.26. The molecule has 2 aliphatic heterocycles. The predicted octanol–water partition coefficient (Wildman–Crippen LogP) is 2.95. The Kier molecular flexibility index (Phi) is 5.34. The number of aromatic nitrogens is 3. The third-order valence-electron chi connectivity index (χ3n) is 6.26. The molecular formula is C23H24FN5O4. The summed E-state index contributed by atoms with van der Waals surface area (Å²) in [5.41, 5.74) is 8.61. The number of hydrogen-bond acceptors (Lipinski definition) is 8. The minimum absolute atomic E-state index is 0.0453. The lowest BCUT2D eigenvalue weighted by molar-refractivity contribution is -0.0331. The van der Waals surface area contributed by atoms with Gasteiger partial charge in [-0.3, -0.25) is 4.79 Å². The fourth-order valence-electron chi connectivity index (χ4n) is 4.59. The zero-order chi connectivity index (χ0) is 23.3. The Morgan fingerprint density at radius 3 is 2.79 bits per heavy atom. The van der Waals surface area contributed by atoms with Gasteiger partial charge in [-0.25, -0.2) is 9.37 Å². The lowest BCUT2D eigenvalue weighted by Crippen LogP contribution is -2.49. The highest BCUT2D eigenvalue weighted by Crippen LogP contribution is 2.39. The second-order valence-corrected chi connectivity index (χ2v) is 8.31. The molecule has 3 aromatic rings. The van der Waals surface area contributed by atoms with Crippen molar-refractivity contribution in [3.63, 3.8) is 0 Å². The summed E-state index contributed by atoms with van der Waals surface area (Å²) in [6.45, 7) is 4.64. The van der Waals surface area contributed by atoms with Gasteiger partial charge in [0.2, 0.25) is 5.88 Å². The van der Waals surface area contributed by atoms with E-state index in [9.17, 15) is 4.79 Å². The second-order valence-electron chi connectivity index (χ2n) is 8.31. The third kappa shape index (κ3) is 3.55. The van der Waals surface area contributed by atoms with Crippen molar-refractivity contribution in [3.05, 3.63) is 52.5 Å². The van der Waals surface area contributed by atoms with Crippen LogP contribution in [0.15, 0.2) is 24.3 Å². The van der Waals surface area contributed by atoms with Gasteiger partial charge in [-0.05, 0) is 31.5 Å². The molecule has 5 rings (SSSR count). The molecule has 0 aliphatic carbocycles. The Morgan fingerprint density at radius 1 is 1.24 bits per heavy atom. The largest absolute Gasteiger partial charge is 0.480 e. The number of nitrogens with zero attached hydrogens (tertiary/aromatic N) is 4. The molecule has 2 N–H and O–H groups in total. The standard InChI is InChI=1S/C23H24FN5O4/c1-11-8-32-10-19(17-4-5-20(31-3)28-27-17)29(11)23(30)14-6-13-15-9-33-12(2)21(15)22(25)26-18(13)7-16(14)24/h4-7,11-12,19H,8-10H2,1-3H3,(H2,25,26)/t11-,12-,19-/m1/s1. The number of methoxy groups -OCH3 is 1. The molecule has 172 valence electrons.